The highest BCUT2D eigenvalue weighted by Gasteiger charge is 2.27. The van der Waals surface area contributed by atoms with Gasteiger partial charge in [0.05, 0.1) is 25.8 Å². The molecule has 1 N–H and O–H groups in total. The van der Waals surface area contributed by atoms with Crippen molar-refractivity contribution >= 4 is 17.8 Å². The van der Waals surface area contributed by atoms with Gasteiger partial charge < -0.3 is 19.5 Å². The average molecular weight is 351 g/mol. The lowest BCUT2D eigenvalue weighted by molar-refractivity contribution is 0.0495. The molecule has 7 heteroatoms. The number of rotatable bonds is 5. The molecule has 1 amide bonds. The summed E-state index contributed by atoms with van der Waals surface area (Å²) in [6, 6.07) is 2.31. The van der Waals surface area contributed by atoms with Crippen molar-refractivity contribution in [3.63, 3.8) is 0 Å². The Morgan fingerprint density at radius 1 is 1.08 bits per heavy atom. The second kappa shape index (κ2) is 8.00. The van der Waals surface area contributed by atoms with E-state index in [4.69, 9.17) is 14.2 Å². The molecule has 0 saturated carbocycles. The molecule has 25 heavy (non-hydrogen) atoms. The van der Waals surface area contributed by atoms with Gasteiger partial charge in [-0.3, -0.25) is 4.79 Å². The fourth-order valence-electron chi connectivity index (χ4n) is 2.22. The summed E-state index contributed by atoms with van der Waals surface area (Å²) < 4.78 is 15.1. The van der Waals surface area contributed by atoms with Gasteiger partial charge in [0.15, 0.2) is 5.78 Å². The second-order valence-corrected chi connectivity index (χ2v) is 6.62. The molecular formula is C18H25NO6. The average Bonchev–Trinajstić information content (AvgIpc) is 2.50. The lowest BCUT2D eigenvalue weighted by atomic mass is 9.98. The van der Waals surface area contributed by atoms with Gasteiger partial charge in [-0.15, -0.1) is 0 Å². The summed E-state index contributed by atoms with van der Waals surface area (Å²) in [5, 5.41) is 2.49. The standard InChI is InChI=1S/C18H25NO6/c1-10-8-12(15(23-6)13(9-10)16(21)24-7)14(20)11(2)19-17(22)25-18(3,4)5/h8-9,11H,1-7H3,(H,19,22). The summed E-state index contributed by atoms with van der Waals surface area (Å²) in [6.07, 6.45) is -0.701. The van der Waals surface area contributed by atoms with Crippen LogP contribution in [0.3, 0.4) is 0 Å². The summed E-state index contributed by atoms with van der Waals surface area (Å²) in [5.41, 5.74) is 0.352. The molecule has 0 aliphatic heterocycles. The first-order valence-corrected chi connectivity index (χ1v) is 7.80. The number of carbonyl (C=O) groups is 3. The van der Waals surface area contributed by atoms with E-state index in [0.29, 0.717) is 5.56 Å². The van der Waals surface area contributed by atoms with Crippen molar-refractivity contribution in [2.45, 2.75) is 46.3 Å². The van der Waals surface area contributed by atoms with Crippen molar-refractivity contribution in [1.82, 2.24) is 5.32 Å². The topological polar surface area (TPSA) is 90.9 Å². The minimum Gasteiger partial charge on any atom is -0.495 e. The number of amides is 1. The molecule has 0 spiro atoms. The molecule has 0 radical (unpaired) electrons. The van der Waals surface area contributed by atoms with Gasteiger partial charge in [-0.2, -0.15) is 0 Å². The Morgan fingerprint density at radius 2 is 1.64 bits per heavy atom. The molecule has 0 heterocycles. The second-order valence-electron chi connectivity index (χ2n) is 6.62. The van der Waals surface area contributed by atoms with Gasteiger partial charge in [0, 0.05) is 0 Å². The van der Waals surface area contributed by atoms with Crippen molar-refractivity contribution in [3.05, 3.63) is 28.8 Å². The van der Waals surface area contributed by atoms with E-state index in [-0.39, 0.29) is 16.9 Å². The van der Waals surface area contributed by atoms with E-state index in [1.54, 1.807) is 39.8 Å². The molecule has 0 aliphatic rings. The van der Waals surface area contributed by atoms with Crippen LogP contribution in [0, 0.1) is 6.92 Å². The number of alkyl carbamates (subject to hydrolysis) is 1. The van der Waals surface area contributed by atoms with Crippen LogP contribution in [0.1, 0.15) is 54.0 Å². The maximum absolute atomic E-state index is 12.7. The first-order valence-electron chi connectivity index (χ1n) is 7.80. The fourth-order valence-corrected chi connectivity index (χ4v) is 2.22. The van der Waals surface area contributed by atoms with Gasteiger partial charge in [-0.05, 0) is 52.3 Å². The van der Waals surface area contributed by atoms with Crippen LogP contribution in [0.15, 0.2) is 12.1 Å². The Kier molecular flexibility index (Phi) is 6.55. The van der Waals surface area contributed by atoms with Crippen molar-refractivity contribution in [1.29, 1.82) is 0 Å². The van der Waals surface area contributed by atoms with Crippen molar-refractivity contribution in [3.8, 4) is 5.75 Å². The van der Waals surface area contributed by atoms with Gasteiger partial charge in [-0.1, -0.05) is 0 Å². The van der Waals surface area contributed by atoms with Crippen molar-refractivity contribution < 1.29 is 28.6 Å². The number of methoxy groups -OCH3 is 2. The first kappa shape index (κ1) is 20.5. The number of hydrogen-bond acceptors (Lipinski definition) is 6. The Balaban J connectivity index is 3.14. The highest BCUT2D eigenvalue weighted by Crippen LogP contribution is 2.28. The van der Waals surface area contributed by atoms with Gasteiger partial charge in [0.25, 0.3) is 0 Å². The summed E-state index contributed by atoms with van der Waals surface area (Å²) >= 11 is 0. The molecule has 1 unspecified atom stereocenters. The molecule has 138 valence electrons. The molecule has 1 aromatic carbocycles. The van der Waals surface area contributed by atoms with E-state index in [1.807, 2.05) is 0 Å². The molecule has 1 atom stereocenters. The third-order valence-corrected chi connectivity index (χ3v) is 3.23. The zero-order chi connectivity index (χ0) is 19.4. The number of esters is 1. The summed E-state index contributed by atoms with van der Waals surface area (Å²) in [5.74, 6) is -0.904. The lowest BCUT2D eigenvalue weighted by Gasteiger charge is -2.22. The van der Waals surface area contributed by atoms with Crippen LogP contribution in [0.5, 0.6) is 5.75 Å². The molecule has 1 rings (SSSR count). The largest absolute Gasteiger partial charge is 0.495 e. The SMILES string of the molecule is COC(=O)c1cc(C)cc(C(=O)C(C)NC(=O)OC(C)(C)C)c1OC. The number of ether oxygens (including phenoxy) is 3. The van der Waals surface area contributed by atoms with E-state index in [2.05, 4.69) is 5.32 Å². The molecule has 0 bridgehead atoms. The van der Waals surface area contributed by atoms with E-state index in [0.717, 1.165) is 0 Å². The fraction of sp³-hybridized carbons (Fsp3) is 0.500. The minimum absolute atomic E-state index is 0.111. The highest BCUT2D eigenvalue weighted by atomic mass is 16.6. The number of aryl methyl sites for hydroxylation is 1. The highest BCUT2D eigenvalue weighted by molar-refractivity contribution is 6.06. The maximum atomic E-state index is 12.7. The summed E-state index contributed by atoms with van der Waals surface area (Å²) in [7, 11) is 2.61. The lowest BCUT2D eigenvalue weighted by Crippen LogP contribution is -2.41. The quantitative estimate of drug-likeness (QED) is 0.648. The van der Waals surface area contributed by atoms with Crippen LogP contribution in [-0.4, -0.2) is 43.7 Å². The van der Waals surface area contributed by atoms with Crippen molar-refractivity contribution in [2.75, 3.05) is 14.2 Å². The van der Waals surface area contributed by atoms with Crippen LogP contribution >= 0.6 is 0 Å². The third kappa shape index (κ3) is 5.48. The van der Waals surface area contributed by atoms with Gasteiger partial charge in [0.1, 0.15) is 16.9 Å². The van der Waals surface area contributed by atoms with Crippen LogP contribution < -0.4 is 10.1 Å². The third-order valence-electron chi connectivity index (χ3n) is 3.23. The molecule has 0 saturated heterocycles. The smallest absolute Gasteiger partial charge is 0.408 e. The van der Waals surface area contributed by atoms with Crippen LogP contribution in [0.4, 0.5) is 4.79 Å². The van der Waals surface area contributed by atoms with E-state index in [1.165, 1.54) is 21.1 Å². The molecular weight excluding hydrogens is 326 g/mol. The predicted octanol–water partition coefficient (Wildman–Crippen LogP) is 2.89. The van der Waals surface area contributed by atoms with Gasteiger partial charge in [-0.25, -0.2) is 9.59 Å². The number of nitrogens with one attached hydrogen (secondary N) is 1. The zero-order valence-electron chi connectivity index (χ0n) is 15.7. The summed E-state index contributed by atoms with van der Waals surface area (Å²) in [6.45, 7) is 8.46. The summed E-state index contributed by atoms with van der Waals surface area (Å²) in [4.78, 5) is 36.5. The predicted molar refractivity (Wildman–Crippen MR) is 92.2 cm³/mol. The maximum Gasteiger partial charge on any atom is 0.408 e. The number of hydrogen-bond donors (Lipinski definition) is 1. The van der Waals surface area contributed by atoms with E-state index < -0.39 is 29.5 Å². The molecule has 1 aromatic rings. The molecule has 0 aliphatic carbocycles. The van der Waals surface area contributed by atoms with Gasteiger partial charge in [0.2, 0.25) is 0 Å². The van der Waals surface area contributed by atoms with Crippen LogP contribution in [0.2, 0.25) is 0 Å². The monoisotopic (exact) mass is 351 g/mol. The molecule has 0 fully saturated rings. The number of carbonyl (C=O) groups excluding carboxylic acids is 3. The zero-order valence-corrected chi connectivity index (χ0v) is 15.7. The van der Waals surface area contributed by atoms with E-state index in [9.17, 15) is 14.4 Å². The van der Waals surface area contributed by atoms with Crippen LogP contribution in [0.25, 0.3) is 0 Å². The Labute approximate surface area is 147 Å². The number of benzene rings is 1. The Hall–Kier alpha value is -2.57. The van der Waals surface area contributed by atoms with Gasteiger partial charge >= 0.3 is 12.1 Å². The Morgan fingerprint density at radius 3 is 2.12 bits per heavy atom. The van der Waals surface area contributed by atoms with Crippen LogP contribution in [-0.2, 0) is 9.47 Å². The first-order chi connectivity index (χ1) is 11.5. The Bertz CT molecular complexity index is 675. The van der Waals surface area contributed by atoms with E-state index >= 15 is 0 Å². The van der Waals surface area contributed by atoms with Crippen molar-refractivity contribution in [2.24, 2.45) is 0 Å². The molecule has 0 aromatic heterocycles. The number of Topliss-reactive ketones (excluding diaryl/α,β-unsaturated/α-hetero) is 1. The number of ketones is 1. The molecule has 7 nitrogen and oxygen atoms in total. The normalized spacial score (nSPS) is 12.1. The minimum atomic E-state index is -0.865.